The Hall–Kier alpha value is -3.81. The summed E-state index contributed by atoms with van der Waals surface area (Å²) in [6, 6.07) is 11.7. The Morgan fingerprint density at radius 2 is 1.83 bits per heavy atom. The minimum Gasteiger partial charge on any atom is -0.493 e. The normalized spacial score (nSPS) is 12.4. The molecule has 1 aliphatic rings. The molecule has 8 heteroatoms. The van der Waals surface area contributed by atoms with Gasteiger partial charge in [0, 0.05) is 24.2 Å². The summed E-state index contributed by atoms with van der Waals surface area (Å²) in [6.07, 6.45) is 3.08. The van der Waals surface area contributed by atoms with Crippen LogP contribution in [0.1, 0.15) is 37.5 Å². The Labute approximate surface area is 211 Å². The molecule has 0 bridgehead atoms. The summed E-state index contributed by atoms with van der Waals surface area (Å²) in [7, 11) is 0. The first-order chi connectivity index (χ1) is 17.4. The average Bonchev–Trinajstić information content (AvgIpc) is 2.85. The van der Waals surface area contributed by atoms with Crippen LogP contribution in [0.5, 0.6) is 17.2 Å². The second kappa shape index (κ2) is 11.7. The molecule has 3 aromatic rings. The zero-order chi connectivity index (χ0) is 25.5. The van der Waals surface area contributed by atoms with Gasteiger partial charge in [0.05, 0.1) is 18.7 Å². The minimum absolute atomic E-state index is 0.0164. The van der Waals surface area contributed by atoms with Crippen molar-refractivity contribution in [1.82, 2.24) is 9.97 Å². The molecule has 0 atom stereocenters. The summed E-state index contributed by atoms with van der Waals surface area (Å²) < 4.78 is 17.2. The second-order valence-electron chi connectivity index (χ2n) is 9.15. The second-order valence-corrected chi connectivity index (χ2v) is 9.15. The maximum absolute atomic E-state index is 11.3. The fourth-order valence-corrected chi connectivity index (χ4v) is 4.29. The first-order valence-corrected chi connectivity index (χ1v) is 12.4. The van der Waals surface area contributed by atoms with Gasteiger partial charge in [-0.3, -0.25) is 4.79 Å². The van der Waals surface area contributed by atoms with Gasteiger partial charge in [-0.15, -0.1) is 0 Å². The van der Waals surface area contributed by atoms with Crippen LogP contribution in [0.25, 0.3) is 11.3 Å². The number of hydrogen-bond acceptors (Lipinski definition) is 7. The molecular weight excluding hydrogens is 458 g/mol. The molecule has 2 N–H and O–H groups in total. The highest BCUT2D eigenvalue weighted by atomic mass is 16.6. The lowest BCUT2D eigenvalue weighted by Gasteiger charge is -2.21. The Morgan fingerprint density at radius 1 is 1.06 bits per heavy atom. The third kappa shape index (κ3) is 6.44. The molecule has 190 valence electrons. The van der Waals surface area contributed by atoms with Gasteiger partial charge >= 0.3 is 5.97 Å². The number of rotatable bonds is 11. The molecular formula is C28H33N3O5. The smallest absolute Gasteiger partial charge is 0.307 e. The molecule has 2 aromatic carbocycles. The largest absolute Gasteiger partial charge is 0.493 e. The van der Waals surface area contributed by atoms with Crippen molar-refractivity contribution < 1.29 is 24.1 Å². The Morgan fingerprint density at radius 3 is 2.56 bits per heavy atom. The highest BCUT2D eigenvalue weighted by Gasteiger charge is 2.17. The number of anilines is 1. The van der Waals surface area contributed by atoms with Crippen LogP contribution in [0.2, 0.25) is 0 Å². The SMILES string of the molecule is CCOc1cc2c(cc1CCNc1cc(-c3ccc(CC(=O)O)c(CC(C)C)c3)ncn1)OCCO2. The Bertz CT molecular complexity index is 1210. The van der Waals surface area contributed by atoms with Crippen molar-refractivity contribution in [2.24, 2.45) is 5.92 Å². The summed E-state index contributed by atoms with van der Waals surface area (Å²) in [5.74, 6) is 2.56. The number of nitrogens with one attached hydrogen (secondary N) is 1. The number of carbonyl (C=O) groups is 1. The van der Waals surface area contributed by atoms with E-state index in [1.807, 2.05) is 43.3 Å². The topological polar surface area (TPSA) is 103 Å². The number of ether oxygens (including phenoxy) is 3. The van der Waals surface area contributed by atoms with Crippen LogP contribution in [-0.4, -0.2) is 47.4 Å². The van der Waals surface area contributed by atoms with Crippen molar-refractivity contribution in [1.29, 1.82) is 0 Å². The number of hydrogen-bond donors (Lipinski definition) is 2. The summed E-state index contributed by atoms with van der Waals surface area (Å²) in [4.78, 5) is 20.1. The first-order valence-electron chi connectivity index (χ1n) is 12.4. The van der Waals surface area contributed by atoms with Crippen LogP contribution in [0.3, 0.4) is 0 Å². The number of aromatic nitrogens is 2. The number of carboxylic acid groups (broad SMARTS) is 1. The monoisotopic (exact) mass is 491 g/mol. The lowest BCUT2D eigenvalue weighted by molar-refractivity contribution is -0.136. The zero-order valence-corrected chi connectivity index (χ0v) is 21.0. The highest BCUT2D eigenvalue weighted by molar-refractivity contribution is 5.72. The molecule has 1 aromatic heterocycles. The van der Waals surface area contributed by atoms with Gasteiger partial charge in [0.2, 0.25) is 0 Å². The Kier molecular flexibility index (Phi) is 8.25. The summed E-state index contributed by atoms with van der Waals surface area (Å²) in [6.45, 7) is 8.51. The van der Waals surface area contributed by atoms with Gasteiger partial charge in [0.1, 0.15) is 31.1 Å². The van der Waals surface area contributed by atoms with Gasteiger partial charge in [0.25, 0.3) is 0 Å². The fourth-order valence-electron chi connectivity index (χ4n) is 4.29. The van der Waals surface area contributed by atoms with Crippen molar-refractivity contribution in [3.05, 3.63) is 59.4 Å². The fraction of sp³-hybridized carbons (Fsp3) is 0.393. The van der Waals surface area contributed by atoms with E-state index >= 15 is 0 Å². The quantitative estimate of drug-likeness (QED) is 0.395. The number of aliphatic carboxylic acids is 1. The molecule has 0 fully saturated rings. The molecule has 4 rings (SSSR count). The van der Waals surface area contributed by atoms with E-state index in [1.54, 1.807) is 6.33 Å². The molecule has 0 radical (unpaired) electrons. The van der Waals surface area contributed by atoms with Gasteiger partial charge in [0.15, 0.2) is 11.5 Å². The van der Waals surface area contributed by atoms with E-state index in [9.17, 15) is 9.90 Å². The third-order valence-electron chi connectivity index (χ3n) is 5.86. The molecule has 36 heavy (non-hydrogen) atoms. The van der Waals surface area contributed by atoms with Crippen LogP contribution >= 0.6 is 0 Å². The molecule has 8 nitrogen and oxygen atoms in total. The third-order valence-corrected chi connectivity index (χ3v) is 5.86. The average molecular weight is 492 g/mol. The highest BCUT2D eigenvalue weighted by Crippen LogP contribution is 2.37. The van der Waals surface area contributed by atoms with Gasteiger partial charge in [-0.05, 0) is 54.5 Å². The summed E-state index contributed by atoms with van der Waals surface area (Å²) >= 11 is 0. The Balaban J connectivity index is 1.48. The predicted molar refractivity (Wildman–Crippen MR) is 138 cm³/mol. The van der Waals surface area contributed by atoms with Crippen LogP contribution in [0.4, 0.5) is 5.82 Å². The van der Waals surface area contributed by atoms with Gasteiger partial charge in [-0.2, -0.15) is 0 Å². The predicted octanol–water partition coefficient (Wildman–Crippen LogP) is 4.79. The van der Waals surface area contributed by atoms with Gasteiger partial charge < -0.3 is 24.6 Å². The number of nitrogens with zero attached hydrogens (tertiary/aromatic N) is 2. The van der Waals surface area contributed by atoms with E-state index in [1.165, 1.54) is 0 Å². The number of fused-ring (bicyclic) bond motifs is 1. The van der Waals surface area contributed by atoms with Crippen LogP contribution < -0.4 is 19.5 Å². The van der Waals surface area contributed by atoms with E-state index in [0.717, 1.165) is 51.7 Å². The molecule has 0 aliphatic carbocycles. The van der Waals surface area contributed by atoms with E-state index in [4.69, 9.17) is 14.2 Å². The lowest BCUT2D eigenvalue weighted by Crippen LogP contribution is -2.16. The van der Waals surface area contributed by atoms with Crippen LogP contribution in [0, 0.1) is 5.92 Å². The summed E-state index contributed by atoms with van der Waals surface area (Å²) in [5.41, 5.74) is 4.65. The van der Waals surface area contributed by atoms with E-state index in [0.29, 0.717) is 44.5 Å². The van der Waals surface area contributed by atoms with E-state index < -0.39 is 5.97 Å². The molecule has 0 amide bonds. The van der Waals surface area contributed by atoms with Crippen LogP contribution in [-0.2, 0) is 24.1 Å². The summed E-state index contributed by atoms with van der Waals surface area (Å²) in [5, 5.41) is 12.6. The number of benzene rings is 2. The molecule has 1 aliphatic heterocycles. The minimum atomic E-state index is -0.827. The first kappa shape index (κ1) is 25.3. The molecule has 0 unspecified atom stereocenters. The van der Waals surface area contributed by atoms with Crippen molar-refractivity contribution in [3.63, 3.8) is 0 Å². The van der Waals surface area contributed by atoms with Crippen molar-refractivity contribution in [2.75, 3.05) is 31.7 Å². The van der Waals surface area contributed by atoms with Crippen LogP contribution in [0.15, 0.2) is 42.7 Å². The molecule has 0 spiro atoms. The molecule has 0 saturated carbocycles. The van der Waals surface area contributed by atoms with Crippen molar-refractivity contribution in [2.45, 2.75) is 40.0 Å². The van der Waals surface area contributed by atoms with Gasteiger partial charge in [-0.1, -0.05) is 26.0 Å². The van der Waals surface area contributed by atoms with Crippen molar-refractivity contribution >= 4 is 11.8 Å². The standard InChI is InChI=1S/C28H33N3O5/c1-4-34-24-16-26-25(35-9-10-36-26)13-21(24)7-8-29-27-15-23(30-17-31-27)20-6-5-19(14-28(32)33)22(12-20)11-18(2)3/h5-6,12-13,15-18H,4,7-11,14H2,1-3H3,(H,32,33)(H,29,30,31). The van der Waals surface area contributed by atoms with E-state index in [2.05, 4.69) is 29.1 Å². The maximum atomic E-state index is 11.3. The molecule has 0 saturated heterocycles. The lowest BCUT2D eigenvalue weighted by atomic mass is 9.93. The van der Waals surface area contributed by atoms with Crippen molar-refractivity contribution in [3.8, 4) is 28.5 Å². The molecule has 2 heterocycles. The zero-order valence-electron chi connectivity index (χ0n) is 21.0. The maximum Gasteiger partial charge on any atom is 0.307 e. The number of carboxylic acids is 1. The van der Waals surface area contributed by atoms with E-state index in [-0.39, 0.29) is 6.42 Å². The van der Waals surface area contributed by atoms with Gasteiger partial charge in [-0.25, -0.2) is 9.97 Å².